The number of fused-ring (bicyclic) bond motifs is 3. The third kappa shape index (κ3) is 2.13. The first kappa shape index (κ1) is 13.5. The summed E-state index contributed by atoms with van der Waals surface area (Å²) in [5.41, 5.74) is 11.5. The van der Waals surface area contributed by atoms with Crippen molar-refractivity contribution in [3.05, 3.63) is 47.0 Å². The maximum absolute atomic E-state index is 12.6. The summed E-state index contributed by atoms with van der Waals surface area (Å²) in [7, 11) is 3.40. The van der Waals surface area contributed by atoms with Crippen molar-refractivity contribution in [3.63, 3.8) is 0 Å². The van der Waals surface area contributed by atoms with Crippen molar-refractivity contribution in [2.45, 2.75) is 13.5 Å². The van der Waals surface area contributed by atoms with Crippen LogP contribution < -0.4 is 10.5 Å². The van der Waals surface area contributed by atoms with E-state index in [9.17, 15) is 4.79 Å². The molecule has 1 aliphatic rings. The quantitative estimate of drug-likeness (QED) is 0.818. The van der Waals surface area contributed by atoms with Crippen LogP contribution in [0.3, 0.4) is 0 Å². The van der Waals surface area contributed by atoms with E-state index in [1.54, 1.807) is 25.1 Å². The highest BCUT2D eigenvalue weighted by Gasteiger charge is 2.24. The molecule has 0 aliphatic carbocycles. The van der Waals surface area contributed by atoms with Crippen LogP contribution in [0.25, 0.3) is 11.1 Å². The monoisotopic (exact) mass is 282 g/mol. The molecule has 0 fully saturated rings. The van der Waals surface area contributed by atoms with Gasteiger partial charge in [-0.25, -0.2) is 0 Å². The normalized spacial score (nSPS) is 13.5. The second-order valence-electron chi connectivity index (χ2n) is 5.44. The SMILES string of the molecule is COc1ccc2c(c1)C(=O)N(C)Cc1cc(N)c(C)cc1-2. The molecule has 0 saturated heterocycles. The van der Waals surface area contributed by atoms with Crippen LogP contribution in [0.5, 0.6) is 5.75 Å². The fourth-order valence-corrected chi connectivity index (χ4v) is 2.75. The molecule has 4 nitrogen and oxygen atoms in total. The van der Waals surface area contributed by atoms with Crippen molar-refractivity contribution in [3.8, 4) is 16.9 Å². The predicted molar refractivity (Wildman–Crippen MR) is 83.4 cm³/mol. The van der Waals surface area contributed by atoms with Crippen molar-refractivity contribution in [2.75, 3.05) is 19.9 Å². The number of anilines is 1. The lowest BCUT2D eigenvalue weighted by molar-refractivity contribution is 0.0788. The molecular weight excluding hydrogens is 264 g/mol. The third-order valence-electron chi connectivity index (χ3n) is 3.99. The number of carbonyl (C=O) groups excluding carboxylic acids is 1. The smallest absolute Gasteiger partial charge is 0.254 e. The molecule has 0 saturated carbocycles. The Hall–Kier alpha value is -2.49. The Labute approximate surface area is 124 Å². The first-order chi connectivity index (χ1) is 10.0. The maximum Gasteiger partial charge on any atom is 0.254 e. The summed E-state index contributed by atoms with van der Waals surface area (Å²) in [6, 6.07) is 9.65. The van der Waals surface area contributed by atoms with E-state index in [0.29, 0.717) is 17.9 Å². The van der Waals surface area contributed by atoms with Crippen LogP contribution in [0.2, 0.25) is 0 Å². The molecular formula is C17H18N2O2. The Morgan fingerprint density at radius 3 is 2.62 bits per heavy atom. The molecule has 2 N–H and O–H groups in total. The van der Waals surface area contributed by atoms with Crippen LogP contribution in [-0.4, -0.2) is 25.0 Å². The number of nitrogens with two attached hydrogens (primary N) is 1. The average Bonchev–Trinajstić information content (AvgIpc) is 2.57. The van der Waals surface area contributed by atoms with E-state index in [1.165, 1.54) is 0 Å². The molecule has 1 heterocycles. The van der Waals surface area contributed by atoms with Crippen LogP contribution in [0.4, 0.5) is 5.69 Å². The van der Waals surface area contributed by atoms with Gasteiger partial charge in [-0.15, -0.1) is 0 Å². The summed E-state index contributed by atoms with van der Waals surface area (Å²) < 4.78 is 5.24. The van der Waals surface area contributed by atoms with Gasteiger partial charge in [-0.3, -0.25) is 4.79 Å². The highest BCUT2D eigenvalue weighted by atomic mass is 16.5. The summed E-state index contributed by atoms with van der Waals surface area (Å²) in [6.45, 7) is 2.53. The largest absolute Gasteiger partial charge is 0.497 e. The van der Waals surface area contributed by atoms with Crippen LogP contribution >= 0.6 is 0 Å². The fourth-order valence-electron chi connectivity index (χ4n) is 2.75. The van der Waals surface area contributed by atoms with E-state index >= 15 is 0 Å². The molecule has 2 aromatic rings. The number of ether oxygens (including phenoxy) is 1. The number of hydrogen-bond donors (Lipinski definition) is 1. The summed E-state index contributed by atoms with van der Waals surface area (Å²) in [5.74, 6) is 0.683. The second-order valence-corrected chi connectivity index (χ2v) is 5.44. The molecule has 0 spiro atoms. The fraction of sp³-hybridized carbons (Fsp3) is 0.235. The first-order valence-corrected chi connectivity index (χ1v) is 6.84. The number of benzene rings is 2. The lowest BCUT2D eigenvalue weighted by Gasteiger charge is -2.15. The molecule has 0 unspecified atom stereocenters. The number of carbonyl (C=O) groups is 1. The van der Waals surface area contributed by atoms with E-state index < -0.39 is 0 Å². The van der Waals surface area contributed by atoms with Crippen molar-refractivity contribution >= 4 is 11.6 Å². The van der Waals surface area contributed by atoms with Gasteiger partial charge in [-0.2, -0.15) is 0 Å². The molecule has 1 amide bonds. The lowest BCUT2D eigenvalue weighted by atomic mass is 9.94. The lowest BCUT2D eigenvalue weighted by Crippen LogP contribution is -2.24. The molecule has 2 aromatic carbocycles. The predicted octanol–water partition coefficient (Wildman–Crippen LogP) is 2.84. The molecule has 108 valence electrons. The van der Waals surface area contributed by atoms with Crippen molar-refractivity contribution in [1.82, 2.24) is 4.90 Å². The van der Waals surface area contributed by atoms with Gasteiger partial charge in [0.2, 0.25) is 0 Å². The highest BCUT2D eigenvalue weighted by molar-refractivity contribution is 6.03. The summed E-state index contributed by atoms with van der Waals surface area (Å²) >= 11 is 0. The zero-order valence-corrected chi connectivity index (χ0v) is 12.4. The zero-order chi connectivity index (χ0) is 15.1. The molecule has 0 aromatic heterocycles. The van der Waals surface area contributed by atoms with Gasteiger partial charge in [0.15, 0.2) is 0 Å². The van der Waals surface area contributed by atoms with Gasteiger partial charge in [0.05, 0.1) is 12.7 Å². The van der Waals surface area contributed by atoms with E-state index in [0.717, 1.165) is 27.9 Å². The van der Waals surface area contributed by atoms with Crippen molar-refractivity contribution in [2.24, 2.45) is 0 Å². The number of aryl methyl sites for hydroxylation is 1. The minimum atomic E-state index is -0.00340. The van der Waals surface area contributed by atoms with Crippen molar-refractivity contribution < 1.29 is 9.53 Å². The Bertz CT molecular complexity index is 738. The molecule has 1 aliphatic heterocycles. The second kappa shape index (κ2) is 4.81. The van der Waals surface area contributed by atoms with Gasteiger partial charge >= 0.3 is 0 Å². The standard InChI is InChI=1S/C17H18N2O2/c1-10-6-14-11(7-16(10)18)9-19(2)17(20)15-8-12(21-3)4-5-13(14)15/h4-8H,9,18H2,1-3H3. The topological polar surface area (TPSA) is 55.6 Å². The van der Waals surface area contributed by atoms with E-state index in [2.05, 4.69) is 6.07 Å². The molecule has 3 rings (SSSR count). The molecule has 21 heavy (non-hydrogen) atoms. The van der Waals surface area contributed by atoms with Crippen LogP contribution in [0.15, 0.2) is 30.3 Å². The number of nitrogens with zero attached hydrogens (tertiary/aromatic N) is 1. The van der Waals surface area contributed by atoms with E-state index in [1.807, 2.05) is 25.1 Å². The average molecular weight is 282 g/mol. The van der Waals surface area contributed by atoms with Gasteiger partial charge in [-0.05, 0) is 59.5 Å². The summed E-state index contributed by atoms with van der Waals surface area (Å²) in [4.78, 5) is 14.3. The highest BCUT2D eigenvalue weighted by Crippen LogP contribution is 2.36. The van der Waals surface area contributed by atoms with Crippen LogP contribution in [0, 0.1) is 6.92 Å². The number of rotatable bonds is 1. The Kier molecular flexibility index (Phi) is 3.09. The van der Waals surface area contributed by atoms with Gasteiger partial charge in [0, 0.05) is 19.3 Å². The third-order valence-corrected chi connectivity index (χ3v) is 3.99. The molecule has 0 bridgehead atoms. The molecule has 4 heteroatoms. The number of amides is 1. The zero-order valence-electron chi connectivity index (χ0n) is 12.4. The minimum Gasteiger partial charge on any atom is -0.497 e. The summed E-state index contributed by atoms with van der Waals surface area (Å²) in [5, 5.41) is 0. The number of methoxy groups -OCH3 is 1. The van der Waals surface area contributed by atoms with Gasteiger partial charge in [0.1, 0.15) is 5.75 Å². The number of hydrogen-bond acceptors (Lipinski definition) is 3. The summed E-state index contributed by atoms with van der Waals surface area (Å²) in [6.07, 6.45) is 0. The minimum absolute atomic E-state index is 0.00340. The van der Waals surface area contributed by atoms with Crippen LogP contribution in [0.1, 0.15) is 21.5 Å². The Morgan fingerprint density at radius 2 is 1.90 bits per heavy atom. The number of nitrogen functional groups attached to an aromatic ring is 1. The van der Waals surface area contributed by atoms with Gasteiger partial charge in [0.25, 0.3) is 5.91 Å². The van der Waals surface area contributed by atoms with Gasteiger partial charge < -0.3 is 15.4 Å². The van der Waals surface area contributed by atoms with Crippen LogP contribution in [-0.2, 0) is 6.54 Å². The van der Waals surface area contributed by atoms with E-state index in [4.69, 9.17) is 10.5 Å². The Morgan fingerprint density at radius 1 is 1.14 bits per heavy atom. The maximum atomic E-state index is 12.6. The first-order valence-electron chi connectivity index (χ1n) is 6.84. The van der Waals surface area contributed by atoms with Gasteiger partial charge in [-0.1, -0.05) is 0 Å². The Balaban J connectivity index is 2.31. The van der Waals surface area contributed by atoms with Crippen molar-refractivity contribution in [1.29, 1.82) is 0 Å². The molecule has 0 atom stereocenters. The van der Waals surface area contributed by atoms with E-state index in [-0.39, 0.29) is 5.91 Å². The molecule has 0 radical (unpaired) electrons.